The lowest BCUT2D eigenvalue weighted by atomic mass is 9.98. The topological polar surface area (TPSA) is 213 Å². The van der Waals surface area contributed by atoms with Crippen LogP contribution in [0.25, 0.3) is 0 Å². The molecule has 8 aromatic carbocycles. The number of carbonyl (C=O) groups is 2. The van der Waals surface area contributed by atoms with E-state index < -0.39 is 0 Å². The lowest BCUT2D eigenvalue weighted by Gasteiger charge is -2.37. The molecule has 4 aromatic heterocycles. The van der Waals surface area contributed by atoms with Crippen LogP contribution in [0.4, 0.5) is 0 Å². The van der Waals surface area contributed by atoms with Crippen molar-refractivity contribution in [3.63, 3.8) is 0 Å². The molecule has 4 aliphatic heterocycles. The maximum Gasteiger partial charge on any atom is 0.254 e. The van der Waals surface area contributed by atoms with Crippen LogP contribution in [0.5, 0.6) is 46.0 Å². The molecule has 12 aromatic rings. The second-order valence-corrected chi connectivity index (χ2v) is 30.6. The lowest BCUT2D eigenvalue weighted by molar-refractivity contribution is 0.0584. The maximum absolute atomic E-state index is 13.2. The van der Waals surface area contributed by atoms with Gasteiger partial charge in [0.2, 0.25) is 0 Å². The molecule has 19 nitrogen and oxygen atoms in total. The first-order valence-electron chi connectivity index (χ1n) is 35.2. The van der Waals surface area contributed by atoms with E-state index in [0.29, 0.717) is 81.4 Å². The molecule has 4 aliphatic rings. The van der Waals surface area contributed by atoms with Crippen molar-refractivity contribution < 1.29 is 49.0 Å². The van der Waals surface area contributed by atoms with Crippen LogP contribution in [-0.4, -0.2) is 138 Å². The highest BCUT2D eigenvalue weighted by molar-refractivity contribution is 7.81. The minimum Gasteiger partial charge on any atom is -0.508 e. The van der Waals surface area contributed by atoms with Gasteiger partial charge in [0.05, 0.1) is 36.6 Å². The van der Waals surface area contributed by atoms with Gasteiger partial charge in [0.15, 0.2) is 0 Å². The molecule has 596 valence electrons. The molecule has 16 rings (SSSR count). The Morgan fingerprint density at radius 3 is 1.11 bits per heavy atom. The van der Waals surface area contributed by atoms with E-state index >= 15 is 0 Å². The number of halogens is 4. The molecule has 0 fully saturated rings. The minimum atomic E-state index is -0.266. The quantitative estimate of drug-likeness (QED) is 0.0662. The number of aromatic nitrogens is 5. The van der Waals surface area contributed by atoms with E-state index in [1.54, 1.807) is 163 Å². The zero-order valence-electron chi connectivity index (χ0n) is 59.6. The van der Waals surface area contributed by atoms with Gasteiger partial charge in [0.1, 0.15) is 82.4 Å². The van der Waals surface area contributed by atoms with Gasteiger partial charge in [-0.3, -0.25) is 19.0 Å². The zero-order valence-corrected chi connectivity index (χ0v) is 65.9. The molecular formula is C87H91Cl4N9O10S4. The number of thiophene rings is 1. The predicted molar refractivity (Wildman–Crippen MR) is 465 cm³/mol. The third kappa shape index (κ3) is 21.4. The van der Waals surface area contributed by atoms with Crippen molar-refractivity contribution in [3.8, 4) is 46.0 Å². The number of amides is 2. The van der Waals surface area contributed by atoms with Crippen LogP contribution >= 0.6 is 93.7 Å². The standard InChI is InChI=1S/C21H20ClN3O3.C21H20ClN3O2S.C21H18ClNO2S2.C20H17ClN2O3S.4CH4/c1-24-19-9-10-25(21(27)14-3-2-4-15(22)11-14)20(18(19)12-23-24)13-28-17-7-5-16(26)6-8-17;1-24-19-9-10-25(21(28)14-3-2-4-15(22)11-14)20(18(19)12-23-24)13-27-17-7-5-16(26)6-8-17;22-15-3-1-2-14(12-15)21(26)23-10-8-20-18(9-11-27-20)19(23)13-25-17-6-4-16(24)5-7-17;21-14-3-1-2-13(10-14)20(25)23-9-8-19-17(11-22-27-19)18(23)12-26-16-6-4-15(24)5-7-16;;;;/h2*2-8,11-12,20,26H,9-10,13H2,1H3;1-7,9,11-12,19,24H,8,10,13H2;1-7,10-11,18,24H,8-9,12H2;4*1H4. The second-order valence-electron chi connectivity index (χ2n) is 26.2. The van der Waals surface area contributed by atoms with Gasteiger partial charge < -0.3 is 59.0 Å². The predicted octanol–water partition coefficient (Wildman–Crippen LogP) is 20.1. The molecule has 0 saturated carbocycles. The van der Waals surface area contributed by atoms with Gasteiger partial charge in [-0.2, -0.15) is 10.2 Å². The summed E-state index contributed by atoms with van der Waals surface area (Å²) in [5.74, 6) is 3.32. The summed E-state index contributed by atoms with van der Waals surface area (Å²) < 4.78 is 32.0. The highest BCUT2D eigenvalue weighted by atomic mass is 35.5. The lowest BCUT2D eigenvalue weighted by Crippen LogP contribution is -2.42. The van der Waals surface area contributed by atoms with Crippen molar-refractivity contribution in [2.24, 2.45) is 14.1 Å². The summed E-state index contributed by atoms with van der Waals surface area (Å²) in [5, 5.41) is 51.1. The van der Waals surface area contributed by atoms with Crippen LogP contribution in [0.1, 0.15) is 129 Å². The molecule has 114 heavy (non-hydrogen) atoms. The van der Waals surface area contributed by atoms with Gasteiger partial charge in [-0.1, -0.05) is 137 Å². The Morgan fingerprint density at radius 1 is 0.404 bits per heavy atom. The Hall–Kier alpha value is -10.2. The van der Waals surface area contributed by atoms with Crippen LogP contribution < -0.4 is 18.9 Å². The molecule has 4 unspecified atom stereocenters. The van der Waals surface area contributed by atoms with E-state index in [9.17, 15) is 30.0 Å². The van der Waals surface area contributed by atoms with E-state index in [2.05, 4.69) is 35.8 Å². The Morgan fingerprint density at radius 2 is 0.719 bits per heavy atom. The summed E-state index contributed by atoms with van der Waals surface area (Å²) in [6, 6.07) is 57.5. The number of fused-ring (bicyclic) bond motifs is 4. The molecule has 0 bridgehead atoms. The van der Waals surface area contributed by atoms with Crippen LogP contribution in [0.2, 0.25) is 20.1 Å². The van der Waals surface area contributed by atoms with Gasteiger partial charge in [-0.05, 0) is 193 Å². The zero-order chi connectivity index (χ0) is 77.0. The van der Waals surface area contributed by atoms with Gasteiger partial charge in [-0.15, -0.1) is 11.3 Å². The van der Waals surface area contributed by atoms with Gasteiger partial charge in [0, 0.05) is 146 Å². The molecule has 4 N–H and O–H groups in total. The number of nitrogens with zero attached hydrogens (tertiary/aromatic N) is 9. The Labute approximate surface area is 704 Å². The van der Waals surface area contributed by atoms with Gasteiger partial charge in [0.25, 0.3) is 11.8 Å². The first-order chi connectivity index (χ1) is 53.3. The second kappa shape index (κ2) is 40.7. The summed E-state index contributed by atoms with van der Waals surface area (Å²) in [7, 11) is 3.87. The largest absolute Gasteiger partial charge is 0.508 e. The first kappa shape index (κ1) is 87.8. The molecule has 4 atom stereocenters. The van der Waals surface area contributed by atoms with Crippen molar-refractivity contribution in [2.45, 2.75) is 79.6 Å². The number of benzene rings is 8. The number of carbonyl (C=O) groups excluding carboxylic acids is 2. The van der Waals surface area contributed by atoms with E-state index in [1.165, 1.54) is 32.5 Å². The molecule has 2 amide bonds. The number of rotatable bonds is 16. The number of thiocarbonyl (C=S) groups is 2. The summed E-state index contributed by atoms with van der Waals surface area (Å²) in [5.41, 5.74) is 9.70. The number of ether oxygens (including phenoxy) is 4. The Kier molecular flexibility index (Phi) is 31.3. The van der Waals surface area contributed by atoms with E-state index in [1.807, 2.05) is 94.2 Å². The molecule has 0 saturated heterocycles. The molecule has 8 heterocycles. The summed E-state index contributed by atoms with van der Waals surface area (Å²) in [6.07, 6.45) is 8.87. The number of phenolic OH excluding ortho intramolecular Hbond substituents is 4. The van der Waals surface area contributed by atoms with Crippen LogP contribution in [0, 0.1) is 0 Å². The maximum atomic E-state index is 13.2. The average Bonchev–Trinajstić information content (AvgIpc) is 1.60. The van der Waals surface area contributed by atoms with Crippen LogP contribution in [0.15, 0.2) is 224 Å². The van der Waals surface area contributed by atoms with E-state index in [-0.39, 0.29) is 95.3 Å². The normalized spacial score (nSPS) is 15.4. The monoisotopic (exact) mass is 1690 g/mol. The Bertz CT molecular complexity index is 4880. The van der Waals surface area contributed by atoms with Crippen molar-refractivity contribution in [1.82, 2.24) is 43.5 Å². The van der Waals surface area contributed by atoms with Gasteiger partial charge in [-0.25, -0.2) is 4.37 Å². The van der Waals surface area contributed by atoms with Gasteiger partial charge >= 0.3 is 0 Å². The fraction of sp³-hybridized carbons (Fsp3) is 0.253. The molecule has 27 heteroatoms. The number of aryl methyl sites for hydroxylation is 2. The molecular weight excluding hydrogens is 1600 g/mol. The van der Waals surface area contributed by atoms with Crippen molar-refractivity contribution in [3.05, 3.63) is 310 Å². The fourth-order valence-electron chi connectivity index (χ4n) is 13.6. The number of hydrogen-bond acceptors (Lipinski definition) is 17. The number of phenols is 4. The summed E-state index contributed by atoms with van der Waals surface area (Å²) in [4.78, 5) is 38.5. The Balaban J connectivity index is 0.000000172. The third-order valence-electron chi connectivity index (χ3n) is 19.2. The first-order valence-corrected chi connectivity index (χ1v) is 39.2. The number of hydrogen-bond donors (Lipinski definition) is 4. The minimum absolute atomic E-state index is 0. The van der Waals surface area contributed by atoms with Crippen molar-refractivity contribution in [2.75, 3.05) is 52.6 Å². The molecule has 0 spiro atoms. The van der Waals surface area contributed by atoms with E-state index in [0.717, 1.165) is 88.0 Å². The summed E-state index contributed by atoms with van der Waals surface area (Å²) in [6.45, 7) is 4.30. The summed E-state index contributed by atoms with van der Waals surface area (Å²) >= 11 is 39.3. The number of aromatic hydroxyl groups is 4. The highest BCUT2D eigenvalue weighted by Gasteiger charge is 2.38. The van der Waals surface area contributed by atoms with Crippen LogP contribution in [-0.2, 0) is 39.8 Å². The van der Waals surface area contributed by atoms with Crippen molar-refractivity contribution >= 4 is 116 Å². The molecule has 0 aliphatic carbocycles. The molecule has 0 radical (unpaired) electrons. The van der Waals surface area contributed by atoms with Crippen LogP contribution in [0.3, 0.4) is 0 Å². The van der Waals surface area contributed by atoms with E-state index in [4.69, 9.17) is 89.8 Å². The third-order valence-corrected chi connectivity index (χ3v) is 23.0. The highest BCUT2D eigenvalue weighted by Crippen LogP contribution is 2.39. The smallest absolute Gasteiger partial charge is 0.254 e. The van der Waals surface area contributed by atoms with Crippen molar-refractivity contribution in [1.29, 1.82) is 0 Å². The fourth-order valence-corrected chi connectivity index (χ4v) is 16.8. The SMILES string of the molecule is C.C.C.C.Cn1ncc2c1CCN(C(=O)c1cccc(Cl)c1)C2COc1ccc(O)cc1.Cn1ncc2c1CCN(C(=S)c1cccc(Cl)c1)C2COc1ccc(O)cc1.O=C(c1cccc(Cl)c1)N1CCc2sncc2C1COc1ccc(O)cc1.Oc1ccc(OCC2c3ccsc3CCN2C(=S)c2cccc(Cl)c2)cc1. The average molecular weight is 1690 g/mol.